The van der Waals surface area contributed by atoms with Crippen LogP contribution in [0.3, 0.4) is 0 Å². The molecule has 138 valence electrons. The van der Waals surface area contributed by atoms with E-state index >= 15 is 0 Å². The number of aryl methyl sites for hydroxylation is 3. The third-order valence-corrected chi connectivity index (χ3v) is 5.09. The number of anilines is 1. The van der Waals surface area contributed by atoms with Crippen LogP contribution in [0.5, 0.6) is 0 Å². The van der Waals surface area contributed by atoms with Gasteiger partial charge in [-0.2, -0.15) is 0 Å². The average Bonchev–Trinajstić information content (AvgIpc) is 2.57. The van der Waals surface area contributed by atoms with E-state index in [-0.39, 0.29) is 12.5 Å². The number of carbonyl (C=O) groups is 2. The Labute approximate surface area is 163 Å². The first kappa shape index (κ1) is 20.3. The molecule has 1 atom stereocenters. The van der Waals surface area contributed by atoms with Crippen molar-refractivity contribution in [3.05, 3.63) is 58.1 Å². The van der Waals surface area contributed by atoms with Crippen LogP contribution in [0.25, 0.3) is 0 Å². The Kier molecular flexibility index (Phi) is 7.12. The molecule has 0 heterocycles. The summed E-state index contributed by atoms with van der Waals surface area (Å²) in [7, 11) is 0. The van der Waals surface area contributed by atoms with Gasteiger partial charge in [0.05, 0.1) is 0 Å². The number of ether oxygens (including phenoxy) is 1. The molecule has 2 aromatic rings. The maximum Gasteiger partial charge on any atom is 0.319 e. The number of benzene rings is 2. The van der Waals surface area contributed by atoms with Gasteiger partial charge in [-0.1, -0.05) is 29.3 Å². The van der Waals surface area contributed by atoms with Crippen LogP contribution in [0.1, 0.15) is 23.6 Å². The summed E-state index contributed by atoms with van der Waals surface area (Å²) in [5, 5.41) is 3.04. The molecule has 2 rings (SSSR count). The molecule has 0 aromatic heterocycles. The maximum atomic E-state index is 12.1. The molecule has 1 amide bonds. The first-order valence-electron chi connectivity index (χ1n) is 8.23. The Hall–Kier alpha value is -1.98. The number of hydrogen-bond donors (Lipinski definition) is 1. The standard InChI is InChI=1S/C20H22ClNO3S/c1-12-9-13(2)19(14(3)10-12)22-18(23)11-25-20(24)15(4)26-17-7-5-16(21)6-8-17/h5-10,15H,11H2,1-4H3,(H,22,23)/t15-/m0/s1. The molecule has 0 aliphatic rings. The van der Waals surface area contributed by atoms with Crippen LogP contribution >= 0.6 is 23.4 Å². The molecule has 2 aromatic carbocycles. The van der Waals surface area contributed by atoms with Gasteiger partial charge in [-0.25, -0.2) is 0 Å². The Morgan fingerprint density at radius 2 is 1.69 bits per heavy atom. The second-order valence-electron chi connectivity index (χ2n) is 6.14. The number of halogens is 1. The van der Waals surface area contributed by atoms with Gasteiger partial charge in [-0.15, -0.1) is 11.8 Å². The van der Waals surface area contributed by atoms with Gasteiger partial charge in [0.15, 0.2) is 6.61 Å². The van der Waals surface area contributed by atoms with Gasteiger partial charge >= 0.3 is 5.97 Å². The number of carbonyl (C=O) groups excluding carboxylic acids is 2. The second-order valence-corrected chi connectivity index (χ2v) is 7.99. The molecule has 6 heteroatoms. The fourth-order valence-electron chi connectivity index (χ4n) is 2.57. The predicted molar refractivity (Wildman–Crippen MR) is 107 cm³/mol. The number of amides is 1. The van der Waals surface area contributed by atoms with Crippen LogP contribution in [-0.4, -0.2) is 23.7 Å². The number of nitrogens with one attached hydrogen (secondary N) is 1. The van der Waals surface area contributed by atoms with E-state index in [0.717, 1.165) is 27.3 Å². The number of hydrogen-bond acceptors (Lipinski definition) is 4. The Morgan fingerprint density at radius 3 is 2.27 bits per heavy atom. The molecule has 0 fully saturated rings. The van der Waals surface area contributed by atoms with E-state index in [9.17, 15) is 9.59 Å². The van der Waals surface area contributed by atoms with Crippen molar-refractivity contribution in [3.63, 3.8) is 0 Å². The van der Waals surface area contributed by atoms with Gasteiger partial charge in [-0.3, -0.25) is 9.59 Å². The summed E-state index contributed by atoms with van der Waals surface area (Å²) < 4.78 is 5.14. The molecule has 0 aliphatic carbocycles. The smallest absolute Gasteiger partial charge is 0.319 e. The van der Waals surface area contributed by atoms with Crippen LogP contribution in [0.15, 0.2) is 41.3 Å². The lowest BCUT2D eigenvalue weighted by Gasteiger charge is -2.14. The molecule has 4 nitrogen and oxygen atoms in total. The second kappa shape index (κ2) is 9.10. The van der Waals surface area contributed by atoms with E-state index in [4.69, 9.17) is 16.3 Å². The number of thioether (sulfide) groups is 1. The van der Waals surface area contributed by atoms with E-state index < -0.39 is 11.2 Å². The lowest BCUT2D eigenvalue weighted by molar-refractivity contribution is -0.146. The van der Waals surface area contributed by atoms with Crippen molar-refractivity contribution in [2.45, 2.75) is 37.8 Å². The molecule has 0 spiro atoms. The monoisotopic (exact) mass is 391 g/mol. The molecule has 1 N–H and O–H groups in total. The highest BCUT2D eigenvalue weighted by Gasteiger charge is 2.18. The van der Waals surface area contributed by atoms with Gasteiger partial charge < -0.3 is 10.1 Å². The fourth-order valence-corrected chi connectivity index (χ4v) is 3.56. The minimum atomic E-state index is -0.433. The van der Waals surface area contributed by atoms with Crippen molar-refractivity contribution < 1.29 is 14.3 Å². The van der Waals surface area contributed by atoms with Crippen molar-refractivity contribution in [2.75, 3.05) is 11.9 Å². The maximum absolute atomic E-state index is 12.1. The number of rotatable bonds is 6. The topological polar surface area (TPSA) is 55.4 Å². The molecule has 0 radical (unpaired) electrons. The van der Waals surface area contributed by atoms with Gasteiger partial charge in [0.1, 0.15) is 5.25 Å². The van der Waals surface area contributed by atoms with Gasteiger partial charge in [0.25, 0.3) is 5.91 Å². The van der Waals surface area contributed by atoms with Gasteiger partial charge in [-0.05, 0) is 63.1 Å². The summed E-state index contributed by atoms with van der Waals surface area (Å²) in [6.07, 6.45) is 0. The third-order valence-electron chi connectivity index (χ3n) is 3.75. The largest absolute Gasteiger partial charge is 0.455 e. The first-order chi connectivity index (χ1) is 12.3. The highest BCUT2D eigenvalue weighted by molar-refractivity contribution is 8.00. The summed E-state index contributed by atoms with van der Waals surface area (Å²) in [6.45, 7) is 7.32. The Bertz CT molecular complexity index is 782. The molecular weight excluding hydrogens is 370 g/mol. The average molecular weight is 392 g/mol. The molecule has 0 saturated heterocycles. The van der Waals surface area contributed by atoms with Crippen LogP contribution in [0, 0.1) is 20.8 Å². The summed E-state index contributed by atoms with van der Waals surface area (Å²) in [4.78, 5) is 25.1. The van der Waals surface area contributed by atoms with Crippen LogP contribution in [-0.2, 0) is 14.3 Å². The van der Waals surface area contributed by atoms with E-state index in [2.05, 4.69) is 5.32 Å². The van der Waals surface area contributed by atoms with Crippen LogP contribution in [0.2, 0.25) is 5.02 Å². The summed E-state index contributed by atoms with van der Waals surface area (Å²) in [5.41, 5.74) is 3.86. The minimum Gasteiger partial charge on any atom is -0.455 e. The molecule has 26 heavy (non-hydrogen) atoms. The van der Waals surface area contributed by atoms with Crippen molar-refractivity contribution in [1.29, 1.82) is 0 Å². The van der Waals surface area contributed by atoms with Crippen LogP contribution < -0.4 is 5.32 Å². The molecule has 0 aliphatic heterocycles. The third kappa shape index (κ3) is 5.78. The minimum absolute atomic E-state index is 0.308. The summed E-state index contributed by atoms with van der Waals surface area (Å²) in [6, 6.07) is 11.2. The van der Waals surface area contributed by atoms with Crippen LogP contribution in [0.4, 0.5) is 5.69 Å². The Balaban J connectivity index is 1.86. The lowest BCUT2D eigenvalue weighted by atomic mass is 10.1. The van der Waals surface area contributed by atoms with E-state index in [1.54, 1.807) is 19.1 Å². The highest BCUT2D eigenvalue weighted by atomic mass is 35.5. The zero-order chi connectivity index (χ0) is 19.3. The van der Waals surface area contributed by atoms with E-state index in [1.807, 2.05) is 45.0 Å². The van der Waals surface area contributed by atoms with Crippen molar-refractivity contribution >= 4 is 40.9 Å². The van der Waals surface area contributed by atoms with Crippen molar-refractivity contribution in [1.82, 2.24) is 0 Å². The summed E-state index contributed by atoms with van der Waals surface area (Å²) >= 11 is 7.20. The lowest BCUT2D eigenvalue weighted by Crippen LogP contribution is -2.25. The molecular formula is C20H22ClNO3S. The zero-order valence-electron chi connectivity index (χ0n) is 15.3. The molecule has 0 saturated carbocycles. The van der Waals surface area contributed by atoms with Gasteiger partial charge in [0.2, 0.25) is 0 Å². The highest BCUT2D eigenvalue weighted by Crippen LogP contribution is 2.25. The SMILES string of the molecule is Cc1cc(C)c(NC(=O)COC(=O)[C@H](C)Sc2ccc(Cl)cc2)c(C)c1. The Morgan fingerprint density at radius 1 is 1.12 bits per heavy atom. The quantitative estimate of drug-likeness (QED) is 0.560. The van der Waals surface area contributed by atoms with Crippen molar-refractivity contribution in [3.8, 4) is 0 Å². The van der Waals surface area contributed by atoms with Crippen molar-refractivity contribution in [2.24, 2.45) is 0 Å². The molecule has 0 unspecified atom stereocenters. The van der Waals surface area contributed by atoms with E-state index in [1.165, 1.54) is 11.8 Å². The summed E-state index contributed by atoms with van der Waals surface area (Å²) in [5.74, 6) is -0.783. The fraction of sp³-hybridized carbons (Fsp3) is 0.300. The normalized spacial score (nSPS) is 11.7. The zero-order valence-corrected chi connectivity index (χ0v) is 16.8. The molecule has 0 bridgehead atoms. The first-order valence-corrected chi connectivity index (χ1v) is 9.48. The predicted octanol–water partition coefficient (Wildman–Crippen LogP) is 4.93. The van der Waals surface area contributed by atoms with Gasteiger partial charge in [0, 0.05) is 15.6 Å². The number of esters is 1. The van der Waals surface area contributed by atoms with E-state index in [0.29, 0.717) is 5.02 Å².